The lowest BCUT2D eigenvalue weighted by Gasteiger charge is -2.31. The van der Waals surface area contributed by atoms with Crippen molar-refractivity contribution in [3.63, 3.8) is 0 Å². The van der Waals surface area contributed by atoms with Crippen molar-refractivity contribution in [2.45, 2.75) is 46.5 Å². The molecule has 1 atom stereocenters. The molecule has 0 spiro atoms. The average molecular weight is 139 g/mol. The van der Waals surface area contributed by atoms with Crippen LogP contribution >= 0.6 is 0 Å². The molecule has 0 heterocycles. The predicted octanol–water partition coefficient (Wildman–Crippen LogP) is 3.43. The van der Waals surface area contributed by atoms with Gasteiger partial charge >= 0.3 is 0 Å². The molecule has 0 aliphatic heterocycles. The summed E-state index contributed by atoms with van der Waals surface area (Å²) in [6.45, 7) is 7.04. The van der Waals surface area contributed by atoms with Gasteiger partial charge in [-0.2, -0.15) is 0 Å². The Labute approximate surface area is 65.0 Å². The Bertz CT molecular complexity index is 94.2. The fraction of sp³-hybridized carbons (Fsp3) is 0.900. The van der Waals surface area contributed by atoms with E-state index in [1.165, 1.54) is 25.7 Å². The average Bonchev–Trinajstić information content (AvgIpc) is 1.88. The molecule has 1 saturated carbocycles. The van der Waals surface area contributed by atoms with Crippen LogP contribution in [-0.2, 0) is 0 Å². The van der Waals surface area contributed by atoms with Crippen LogP contribution in [0.4, 0.5) is 0 Å². The lowest BCUT2D eigenvalue weighted by atomic mass is 9.75. The fourth-order valence-corrected chi connectivity index (χ4v) is 2.07. The third-order valence-electron chi connectivity index (χ3n) is 2.73. The Hall–Kier alpha value is 0. The van der Waals surface area contributed by atoms with Crippen LogP contribution in [0.3, 0.4) is 0 Å². The molecular formula is C10H19. The van der Waals surface area contributed by atoms with Crippen LogP contribution in [0.15, 0.2) is 0 Å². The molecule has 0 amide bonds. The summed E-state index contributed by atoms with van der Waals surface area (Å²) in [6.07, 6.45) is 5.74. The zero-order valence-corrected chi connectivity index (χ0v) is 7.48. The van der Waals surface area contributed by atoms with Gasteiger partial charge in [-0.15, -0.1) is 0 Å². The molecule has 0 aromatic carbocycles. The first-order valence-corrected chi connectivity index (χ1v) is 4.57. The van der Waals surface area contributed by atoms with Gasteiger partial charge in [0.15, 0.2) is 0 Å². The number of hydrogen-bond donors (Lipinski definition) is 0. The van der Waals surface area contributed by atoms with E-state index in [0.29, 0.717) is 0 Å². The van der Waals surface area contributed by atoms with E-state index in [1.54, 1.807) is 0 Å². The topological polar surface area (TPSA) is 0 Å². The predicted molar refractivity (Wildman–Crippen MR) is 45.7 cm³/mol. The van der Waals surface area contributed by atoms with E-state index in [4.69, 9.17) is 0 Å². The highest BCUT2D eigenvalue weighted by molar-refractivity contribution is 4.99. The van der Waals surface area contributed by atoms with E-state index in [-0.39, 0.29) is 0 Å². The summed E-state index contributed by atoms with van der Waals surface area (Å²) in [7, 11) is 0. The van der Waals surface area contributed by atoms with Gasteiger partial charge in [-0.05, 0) is 24.2 Å². The maximum atomic E-state index is 2.38. The second kappa shape index (κ2) is 3.41. The standard InChI is InChI=1S/C10H19/c1-8(2)10-7-5-4-6-9(10)3/h8-9H,4-7H2,1-3H3. The summed E-state index contributed by atoms with van der Waals surface area (Å²) in [6, 6.07) is 0. The Morgan fingerprint density at radius 2 is 2.00 bits per heavy atom. The van der Waals surface area contributed by atoms with Gasteiger partial charge in [-0.1, -0.05) is 40.0 Å². The zero-order chi connectivity index (χ0) is 7.56. The lowest BCUT2D eigenvalue weighted by molar-refractivity contribution is 0.361. The minimum absolute atomic E-state index is 0.829. The minimum Gasteiger partial charge on any atom is -0.0622 e. The highest BCUT2D eigenvalue weighted by atomic mass is 14.3. The Balaban J connectivity index is 2.40. The molecule has 0 bridgehead atoms. The lowest BCUT2D eigenvalue weighted by Crippen LogP contribution is -2.19. The van der Waals surface area contributed by atoms with Crippen molar-refractivity contribution in [1.29, 1.82) is 0 Å². The van der Waals surface area contributed by atoms with Crippen LogP contribution < -0.4 is 0 Å². The summed E-state index contributed by atoms with van der Waals surface area (Å²) in [5, 5.41) is 0. The van der Waals surface area contributed by atoms with Crippen molar-refractivity contribution in [3.05, 3.63) is 5.92 Å². The van der Waals surface area contributed by atoms with Gasteiger partial charge in [0.1, 0.15) is 0 Å². The second-order valence-electron chi connectivity index (χ2n) is 3.88. The van der Waals surface area contributed by atoms with Crippen molar-refractivity contribution in [1.82, 2.24) is 0 Å². The number of rotatable bonds is 1. The van der Waals surface area contributed by atoms with Crippen LogP contribution in [0.1, 0.15) is 46.5 Å². The molecule has 1 aliphatic carbocycles. The second-order valence-corrected chi connectivity index (χ2v) is 3.88. The van der Waals surface area contributed by atoms with E-state index < -0.39 is 0 Å². The Morgan fingerprint density at radius 3 is 2.40 bits per heavy atom. The van der Waals surface area contributed by atoms with E-state index in [1.807, 2.05) is 5.92 Å². The van der Waals surface area contributed by atoms with Crippen molar-refractivity contribution in [2.75, 3.05) is 0 Å². The van der Waals surface area contributed by atoms with Crippen molar-refractivity contribution in [2.24, 2.45) is 11.8 Å². The van der Waals surface area contributed by atoms with Crippen molar-refractivity contribution in [3.8, 4) is 0 Å². The molecule has 0 heteroatoms. The van der Waals surface area contributed by atoms with Crippen molar-refractivity contribution < 1.29 is 0 Å². The molecule has 10 heavy (non-hydrogen) atoms. The maximum absolute atomic E-state index is 2.38. The van der Waals surface area contributed by atoms with E-state index in [9.17, 15) is 0 Å². The monoisotopic (exact) mass is 139 g/mol. The van der Waals surface area contributed by atoms with Crippen LogP contribution in [-0.4, -0.2) is 0 Å². The molecule has 0 aromatic heterocycles. The third kappa shape index (κ3) is 1.74. The first-order chi connectivity index (χ1) is 4.72. The Kier molecular flexibility index (Phi) is 2.76. The summed E-state index contributed by atoms with van der Waals surface area (Å²) in [5.41, 5.74) is 0. The Morgan fingerprint density at radius 1 is 1.30 bits per heavy atom. The summed E-state index contributed by atoms with van der Waals surface area (Å²) in [4.78, 5) is 0. The van der Waals surface area contributed by atoms with Crippen LogP contribution in [0.25, 0.3) is 0 Å². The quantitative estimate of drug-likeness (QED) is 0.522. The fourth-order valence-electron chi connectivity index (χ4n) is 2.07. The van der Waals surface area contributed by atoms with Crippen LogP contribution in [0.5, 0.6) is 0 Å². The summed E-state index contributed by atoms with van der Waals surface area (Å²) in [5.74, 6) is 3.55. The van der Waals surface area contributed by atoms with Gasteiger partial charge in [-0.3, -0.25) is 0 Å². The van der Waals surface area contributed by atoms with Gasteiger partial charge < -0.3 is 0 Å². The SMILES string of the molecule is CC(C)[C]1CCCCC1C. The molecule has 0 nitrogen and oxygen atoms in total. The summed E-state index contributed by atoms with van der Waals surface area (Å²) >= 11 is 0. The van der Waals surface area contributed by atoms with E-state index >= 15 is 0 Å². The first kappa shape index (κ1) is 8.10. The smallest absolute Gasteiger partial charge is 0.0187 e. The molecule has 59 valence electrons. The van der Waals surface area contributed by atoms with E-state index in [0.717, 1.165) is 11.8 Å². The molecule has 1 fully saturated rings. The van der Waals surface area contributed by atoms with Gasteiger partial charge in [0.05, 0.1) is 0 Å². The molecule has 1 unspecified atom stereocenters. The molecule has 1 rings (SSSR count). The van der Waals surface area contributed by atoms with Gasteiger partial charge in [0.25, 0.3) is 0 Å². The molecule has 0 aromatic rings. The first-order valence-electron chi connectivity index (χ1n) is 4.57. The molecular weight excluding hydrogens is 120 g/mol. The highest BCUT2D eigenvalue weighted by Gasteiger charge is 2.23. The minimum atomic E-state index is 0.829. The molecule has 0 N–H and O–H groups in total. The highest BCUT2D eigenvalue weighted by Crippen LogP contribution is 2.36. The third-order valence-corrected chi connectivity index (χ3v) is 2.73. The molecule has 1 radical (unpaired) electrons. The normalized spacial score (nSPS) is 29.4. The van der Waals surface area contributed by atoms with Gasteiger partial charge in [0, 0.05) is 0 Å². The zero-order valence-electron chi connectivity index (χ0n) is 7.48. The van der Waals surface area contributed by atoms with E-state index in [2.05, 4.69) is 20.8 Å². The maximum Gasteiger partial charge on any atom is -0.0187 e. The van der Waals surface area contributed by atoms with Crippen molar-refractivity contribution >= 4 is 0 Å². The molecule has 1 aliphatic rings. The number of hydrogen-bond acceptors (Lipinski definition) is 0. The largest absolute Gasteiger partial charge is 0.0622 e. The van der Waals surface area contributed by atoms with Gasteiger partial charge in [0.2, 0.25) is 0 Å². The molecule has 0 saturated heterocycles. The van der Waals surface area contributed by atoms with Crippen LogP contribution in [0.2, 0.25) is 0 Å². The summed E-state index contributed by atoms with van der Waals surface area (Å²) < 4.78 is 0. The van der Waals surface area contributed by atoms with Gasteiger partial charge in [-0.25, -0.2) is 0 Å². The van der Waals surface area contributed by atoms with Crippen LogP contribution in [0, 0.1) is 17.8 Å².